The Morgan fingerprint density at radius 1 is 1.10 bits per heavy atom. The van der Waals surface area contributed by atoms with Gasteiger partial charge in [-0.15, -0.1) is 15.3 Å². The monoisotopic (exact) mass is 395 g/mol. The summed E-state index contributed by atoms with van der Waals surface area (Å²) in [6.45, 7) is 3.56. The molecular formula is C19H15F2N7O. The van der Waals surface area contributed by atoms with Crippen molar-refractivity contribution in [3.63, 3.8) is 0 Å². The van der Waals surface area contributed by atoms with Crippen molar-refractivity contribution in [1.82, 2.24) is 29.6 Å². The van der Waals surface area contributed by atoms with Crippen LogP contribution in [0.3, 0.4) is 0 Å². The standard InChI is InChI=1S/C19H15F2N7O/c1-9-18-13(12-4-3-11(20)7-14(12)21)8-17(29)22-19(18)28(25-9)16-6-5-15-24-23-10(2)27(15)26-16/h3-7,13H,8H2,1-2H3,(H,22,29). The van der Waals surface area contributed by atoms with Gasteiger partial charge in [-0.2, -0.15) is 14.3 Å². The molecule has 1 aromatic carbocycles. The number of hydrogen-bond donors (Lipinski definition) is 1. The second-order valence-corrected chi connectivity index (χ2v) is 6.94. The van der Waals surface area contributed by atoms with E-state index in [4.69, 9.17) is 0 Å². The molecule has 1 aliphatic heterocycles. The van der Waals surface area contributed by atoms with E-state index in [1.807, 2.05) is 0 Å². The molecule has 1 unspecified atom stereocenters. The number of aryl methyl sites for hydroxylation is 2. The Morgan fingerprint density at radius 3 is 2.72 bits per heavy atom. The van der Waals surface area contributed by atoms with Crippen LogP contribution in [0, 0.1) is 25.5 Å². The summed E-state index contributed by atoms with van der Waals surface area (Å²) < 4.78 is 30.9. The molecule has 1 N–H and O–H groups in total. The molecule has 1 aliphatic rings. The first-order chi connectivity index (χ1) is 13.9. The van der Waals surface area contributed by atoms with Gasteiger partial charge in [0.15, 0.2) is 17.3 Å². The zero-order chi connectivity index (χ0) is 20.3. The van der Waals surface area contributed by atoms with Gasteiger partial charge in [0.2, 0.25) is 5.91 Å². The summed E-state index contributed by atoms with van der Waals surface area (Å²) in [5.74, 6) is -0.740. The maximum absolute atomic E-state index is 14.5. The third-order valence-corrected chi connectivity index (χ3v) is 5.06. The summed E-state index contributed by atoms with van der Waals surface area (Å²) in [4.78, 5) is 12.4. The lowest BCUT2D eigenvalue weighted by atomic mass is 9.85. The number of rotatable bonds is 2. The van der Waals surface area contributed by atoms with Crippen LogP contribution in [0.25, 0.3) is 11.5 Å². The average Bonchev–Trinajstić information content (AvgIpc) is 3.21. The number of hydrogen-bond acceptors (Lipinski definition) is 5. The van der Waals surface area contributed by atoms with Gasteiger partial charge in [-0.25, -0.2) is 8.78 Å². The lowest BCUT2D eigenvalue weighted by molar-refractivity contribution is -0.116. The minimum Gasteiger partial charge on any atom is -0.310 e. The van der Waals surface area contributed by atoms with Crippen molar-refractivity contribution in [2.24, 2.45) is 0 Å². The highest BCUT2D eigenvalue weighted by atomic mass is 19.1. The number of benzene rings is 1. The summed E-state index contributed by atoms with van der Waals surface area (Å²) in [5, 5.41) is 19.8. The van der Waals surface area contributed by atoms with E-state index in [0.29, 0.717) is 34.4 Å². The molecule has 0 bridgehead atoms. The Bertz CT molecular complexity index is 1290. The van der Waals surface area contributed by atoms with Crippen LogP contribution in [0.1, 0.15) is 35.0 Å². The minimum atomic E-state index is -0.692. The van der Waals surface area contributed by atoms with E-state index in [0.717, 1.165) is 6.07 Å². The summed E-state index contributed by atoms with van der Waals surface area (Å²) in [7, 11) is 0. The molecule has 3 aromatic heterocycles. The van der Waals surface area contributed by atoms with Crippen molar-refractivity contribution in [3.8, 4) is 5.82 Å². The van der Waals surface area contributed by atoms with Crippen LogP contribution in [-0.4, -0.2) is 35.5 Å². The summed E-state index contributed by atoms with van der Waals surface area (Å²) >= 11 is 0. The normalized spacial score (nSPS) is 16.1. The van der Waals surface area contributed by atoms with E-state index in [9.17, 15) is 13.6 Å². The molecule has 0 spiro atoms. The number of carbonyl (C=O) groups is 1. The Balaban J connectivity index is 1.69. The quantitative estimate of drug-likeness (QED) is 0.564. The molecule has 29 heavy (non-hydrogen) atoms. The van der Waals surface area contributed by atoms with Crippen LogP contribution in [0.2, 0.25) is 0 Å². The molecule has 0 saturated carbocycles. The van der Waals surface area contributed by atoms with Gasteiger partial charge in [-0.3, -0.25) is 4.79 Å². The Kier molecular flexibility index (Phi) is 3.70. The first-order valence-electron chi connectivity index (χ1n) is 8.96. The molecule has 0 aliphatic carbocycles. The lowest BCUT2D eigenvalue weighted by Crippen LogP contribution is -2.25. The van der Waals surface area contributed by atoms with Crippen molar-refractivity contribution in [2.45, 2.75) is 26.2 Å². The van der Waals surface area contributed by atoms with E-state index >= 15 is 0 Å². The minimum absolute atomic E-state index is 0.0408. The van der Waals surface area contributed by atoms with Crippen LogP contribution in [0.15, 0.2) is 30.3 Å². The van der Waals surface area contributed by atoms with Gasteiger partial charge < -0.3 is 5.32 Å². The number of carbonyl (C=O) groups excluding carboxylic acids is 1. The van der Waals surface area contributed by atoms with Crippen molar-refractivity contribution < 1.29 is 13.6 Å². The molecule has 8 nitrogen and oxygen atoms in total. The van der Waals surface area contributed by atoms with Crippen LogP contribution >= 0.6 is 0 Å². The van der Waals surface area contributed by atoms with Gasteiger partial charge in [0.1, 0.15) is 17.5 Å². The molecular weight excluding hydrogens is 380 g/mol. The first-order valence-corrected chi connectivity index (χ1v) is 8.96. The van der Waals surface area contributed by atoms with Crippen molar-refractivity contribution in [2.75, 3.05) is 5.32 Å². The smallest absolute Gasteiger partial charge is 0.226 e. The third-order valence-electron chi connectivity index (χ3n) is 5.06. The van der Waals surface area contributed by atoms with Crippen molar-refractivity contribution >= 4 is 17.4 Å². The van der Waals surface area contributed by atoms with E-state index < -0.39 is 17.6 Å². The zero-order valence-electron chi connectivity index (χ0n) is 15.5. The highest BCUT2D eigenvalue weighted by Crippen LogP contribution is 2.40. The van der Waals surface area contributed by atoms with Crippen LogP contribution < -0.4 is 5.32 Å². The van der Waals surface area contributed by atoms with Gasteiger partial charge >= 0.3 is 0 Å². The summed E-state index contributed by atoms with van der Waals surface area (Å²) in [5.41, 5.74) is 2.14. The predicted molar refractivity (Wildman–Crippen MR) is 98.8 cm³/mol. The van der Waals surface area contributed by atoms with Crippen molar-refractivity contribution in [3.05, 3.63) is 64.6 Å². The summed E-state index contributed by atoms with van der Waals surface area (Å²) in [6, 6.07) is 6.84. The fourth-order valence-corrected chi connectivity index (χ4v) is 3.76. The molecule has 4 heterocycles. The van der Waals surface area contributed by atoms with Crippen LogP contribution in [0.5, 0.6) is 0 Å². The first kappa shape index (κ1) is 17.4. The number of aromatic nitrogens is 6. The SMILES string of the molecule is Cc1nn(-c2ccc3nnc(C)n3n2)c2c1C(c1ccc(F)cc1F)CC(=O)N2. The van der Waals surface area contributed by atoms with E-state index in [2.05, 4.69) is 25.7 Å². The fourth-order valence-electron chi connectivity index (χ4n) is 3.76. The second kappa shape index (κ2) is 6.16. The van der Waals surface area contributed by atoms with E-state index in [-0.39, 0.29) is 17.9 Å². The highest BCUT2D eigenvalue weighted by molar-refractivity contribution is 5.95. The molecule has 0 fully saturated rings. The average molecular weight is 395 g/mol. The number of anilines is 1. The Hall–Kier alpha value is -3.69. The largest absolute Gasteiger partial charge is 0.310 e. The number of halogens is 2. The third kappa shape index (κ3) is 2.67. The molecule has 10 heteroatoms. The number of amides is 1. The molecule has 146 valence electrons. The highest BCUT2D eigenvalue weighted by Gasteiger charge is 2.34. The predicted octanol–water partition coefficient (Wildman–Crippen LogP) is 2.68. The Labute approximate surface area is 163 Å². The topological polar surface area (TPSA) is 90.0 Å². The van der Waals surface area contributed by atoms with Gasteiger partial charge in [-0.1, -0.05) is 6.07 Å². The number of fused-ring (bicyclic) bond motifs is 2. The zero-order valence-corrected chi connectivity index (χ0v) is 15.5. The molecule has 0 saturated heterocycles. The van der Waals surface area contributed by atoms with Gasteiger partial charge in [-0.05, 0) is 37.6 Å². The Morgan fingerprint density at radius 2 is 1.93 bits per heavy atom. The van der Waals surface area contributed by atoms with Crippen LogP contribution in [-0.2, 0) is 4.79 Å². The van der Waals surface area contributed by atoms with Crippen molar-refractivity contribution in [1.29, 1.82) is 0 Å². The number of nitrogens with one attached hydrogen (secondary N) is 1. The van der Waals surface area contributed by atoms with E-state index in [1.54, 1.807) is 30.5 Å². The molecule has 4 aromatic rings. The lowest BCUT2D eigenvalue weighted by Gasteiger charge is -2.24. The maximum Gasteiger partial charge on any atom is 0.226 e. The van der Waals surface area contributed by atoms with Crippen LogP contribution in [0.4, 0.5) is 14.6 Å². The second-order valence-electron chi connectivity index (χ2n) is 6.94. The fraction of sp³-hybridized carbons (Fsp3) is 0.211. The number of nitrogens with zero attached hydrogens (tertiary/aromatic N) is 6. The van der Waals surface area contributed by atoms with Gasteiger partial charge in [0, 0.05) is 24.0 Å². The molecule has 0 radical (unpaired) electrons. The maximum atomic E-state index is 14.5. The molecule has 5 rings (SSSR count). The molecule has 1 amide bonds. The van der Waals surface area contributed by atoms with Gasteiger partial charge in [0.05, 0.1) is 5.69 Å². The van der Waals surface area contributed by atoms with E-state index in [1.165, 1.54) is 16.8 Å². The molecule has 1 atom stereocenters. The van der Waals surface area contributed by atoms with Gasteiger partial charge in [0.25, 0.3) is 0 Å². The summed E-state index contributed by atoms with van der Waals surface area (Å²) in [6.07, 6.45) is 0.0408.